The molecule has 1 amide bonds. The van der Waals surface area contributed by atoms with E-state index in [-0.39, 0.29) is 23.9 Å². The van der Waals surface area contributed by atoms with Gasteiger partial charge in [0.05, 0.1) is 17.7 Å². The normalized spacial score (nSPS) is 24.8. The van der Waals surface area contributed by atoms with Crippen molar-refractivity contribution in [2.24, 2.45) is 5.73 Å². The van der Waals surface area contributed by atoms with Gasteiger partial charge >= 0.3 is 0 Å². The fourth-order valence-corrected chi connectivity index (χ4v) is 3.68. The molecule has 124 valence electrons. The molecule has 0 bridgehead atoms. The Kier molecular flexibility index (Phi) is 6.95. The molecule has 1 aliphatic carbocycles. The van der Waals surface area contributed by atoms with Crippen LogP contribution in [0, 0.1) is 0 Å². The zero-order chi connectivity index (χ0) is 14.6. The molecule has 1 spiro atoms. The van der Waals surface area contributed by atoms with Crippen LogP contribution in [-0.2, 0) is 9.53 Å². The molecular weight excluding hydrogens is 288 g/mol. The summed E-state index contributed by atoms with van der Waals surface area (Å²) in [5.41, 5.74) is 5.40. The van der Waals surface area contributed by atoms with Gasteiger partial charge in [0.2, 0.25) is 5.91 Å². The number of ether oxygens (including phenoxy) is 1. The van der Waals surface area contributed by atoms with E-state index in [1.54, 1.807) is 0 Å². The number of nitrogens with two attached hydrogens (primary N) is 1. The van der Waals surface area contributed by atoms with Gasteiger partial charge in [-0.3, -0.25) is 4.79 Å². The highest BCUT2D eigenvalue weighted by Crippen LogP contribution is 2.34. The molecule has 0 aromatic carbocycles. The van der Waals surface area contributed by atoms with Crippen molar-refractivity contribution in [2.75, 3.05) is 19.7 Å². The van der Waals surface area contributed by atoms with Crippen LogP contribution in [0.1, 0.15) is 65.2 Å². The number of carbonyl (C=O) groups excluding carboxylic acids is 1. The molecule has 1 heterocycles. The summed E-state index contributed by atoms with van der Waals surface area (Å²) in [6.07, 6.45) is 8.89. The van der Waals surface area contributed by atoms with Gasteiger partial charge in [0.15, 0.2) is 0 Å². The van der Waals surface area contributed by atoms with Crippen molar-refractivity contribution in [3.05, 3.63) is 0 Å². The van der Waals surface area contributed by atoms with E-state index in [4.69, 9.17) is 10.5 Å². The van der Waals surface area contributed by atoms with Gasteiger partial charge in [-0.1, -0.05) is 39.0 Å². The van der Waals surface area contributed by atoms with Crippen LogP contribution < -0.4 is 5.73 Å². The maximum atomic E-state index is 12.7. The summed E-state index contributed by atoms with van der Waals surface area (Å²) >= 11 is 0. The molecule has 1 saturated heterocycles. The topological polar surface area (TPSA) is 55.6 Å². The van der Waals surface area contributed by atoms with Crippen molar-refractivity contribution in [3.63, 3.8) is 0 Å². The Labute approximate surface area is 135 Å². The van der Waals surface area contributed by atoms with Crippen LogP contribution in [0.3, 0.4) is 0 Å². The quantitative estimate of drug-likeness (QED) is 0.870. The van der Waals surface area contributed by atoms with Crippen LogP contribution >= 0.6 is 12.4 Å². The monoisotopic (exact) mass is 318 g/mol. The predicted molar refractivity (Wildman–Crippen MR) is 87.7 cm³/mol. The van der Waals surface area contributed by atoms with Gasteiger partial charge in [-0.05, 0) is 26.2 Å². The molecule has 1 saturated carbocycles. The van der Waals surface area contributed by atoms with E-state index in [0.29, 0.717) is 13.2 Å². The Morgan fingerprint density at radius 2 is 1.90 bits per heavy atom. The average Bonchev–Trinajstić information content (AvgIpc) is 2.63. The molecule has 0 aromatic heterocycles. The van der Waals surface area contributed by atoms with E-state index in [2.05, 4.69) is 6.92 Å². The van der Waals surface area contributed by atoms with Crippen molar-refractivity contribution in [1.29, 1.82) is 0 Å². The molecule has 2 aliphatic rings. The molecule has 0 radical (unpaired) electrons. The molecule has 2 N–H and O–H groups in total. The van der Waals surface area contributed by atoms with Gasteiger partial charge in [-0.25, -0.2) is 0 Å². The third kappa shape index (κ3) is 4.57. The molecule has 21 heavy (non-hydrogen) atoms. The van der Waals surface area contributed by atoms with Gasteiger partial charge in [0, 0.05) is 13.1 Å². The molecule has 2 rings (SSSR count). The summed E-state index contributed by atoms with van der Waals surface area (Å²) in [6.45, 7) is 6.03. The Morgan fingerprint density at radius 1 is 1.29 bits per heavy atom. The highest BCUT2D eigenvalue weighted by atomic mass is 35.5. The maximum Gasteiger partial charge on any atom is 0.242 e. The SMILES string of the molecule is CCCC(C)(N)C(=O)N1CCOC2(CCCCCC2)C1.Cl. The van der Waals surface area contributed by atoms with Crippen molar-refractivity contribution >= 4 is 18.3 Å². The lowest BCUT2D eigenvalue weighted by atomic mass is 9.90. The minimum Gasteiger partial charge on any atom is -0.371 e. The number of hydrogen-bond acceptors (Lipinski definition) is 3. The molecule has 4 nitrogen and oxygen atoms in total. The van der Waals surface area contributed by atoms with E-state index in [9.17, 15) is 4.79 Å². The van der Waals surface area contributed by atoms with E-state index in [1.807, 2.05) is 11.8 Å². The lowest BCUT2D eigenvalue weighted by Gasteiger charge is -2.44. The summed E-state index contributed by atoms with van der Waals surface area (Å²) in [6, 6.07) is 0. The summed E-state index contributed by atoms with van der Waals surface area (Å²) in [5, 5.41) is 0. The van der Waals surface area contributed by atoms with Crippen LogP contribution in [0.5, 0.6) is 0 Å². The highest BCUT2D eigenvalue weighted by Gasteiger charge is 2.41. The minimum absolute atomic E-state index is 0. The van der Waals surface area contributed by atoms with Crippen molar-refractivity contribution in [3.8, 4) is 0 Å². The first-order valence-electron chi connectivity index (χ1n) is 8.21. The Morgan fingerprint density at radius 3 is 2.48 bits per heavy atom. The average molecular weight is 319 g/mol. The number of hydrogen-bond donors (Lipinski definition) is 1. The zero-order valence-electron chi connectivity index (χ0n) is 13.5. The van der Waals surface area contributed by atoms with Gasteiger partial charge in [-0.2, -0.15) is 0 Å². The van der Waals surface area contributed by atoms with Gasteiger partial charge in [0.25, 0.3) is 0 Å². The first-order chi connectivity index (χ1) is 9.49. The van der Waals surface area contributed by atoms with Crippen LogP contribution in [0.15, 0.2) is 0 Å². The van der Waals surface area contributed by atoms with E-state index >= 15 is 0 Å². The van der Waals surface area contributed by atoms with E-state index in [1.165, 1.54) is 25.7 Å². The Bertz CT molecular complexity index is 339. The fourth-order valence-electron chi connectivity index (χ4n) is 3.68. The molecule has 2 fully saturated rings. The smallest absolute Gasteiger partial charge is 0.242 e. The second-order valence-electron chi connectivity index (χ2n) is 6.84. The van der Waals surface area contributed by atoms with Gasteiger partial charge in [0.1, 0.15) is 0 Å². The van der Waals surface area contributed by atoms with Crippen molar-refractivity contribution in [2.45, 2.75) is 76.4 Å². The van der Waals surface area contributed by atoms with Crippen LogP contribution in [0.2, 0.25) is 0 Å². The van der Waals surface area contributed by atoms with E-state index < -0.39 is 5.54 Å². The molecule has 0 aromatic rings. The molecule has 1 aliphatic heterocycles. The summed E-state index contributed by atoms with van der Waals surface area (Å²) in [4.78, 5) is 14.6. The molecule has 1 atom stereocenters. The molecule has 1 unspecified atom stereocenters. The second kappa shape index (κ2) is 7.80. The molecule has 5 heteroatoms. The van der Waals surface area contributed by atoms with Crippen molar-refractivity contribution in [1.82, 2.24) is 4.90 Å². The number of nitrogens with zero attached hydrogens (tertiary/aromatic N) is 1. The highest BCUT2D eigenvalue weighted by molar-refractivity contribution is 5.86. The standard InChI is InChI=1S/C16H30N2O2.ClH/c1-3-8-15(2,17)14(19)18-11-12-20-16(13-18)9-6-4-5-7-10-16;/h3-13,17H2,1-2H3;1H. The van der Waals surface area contributed by atoms with Gasteiger partial charge in [-0.15, -0.1) is 12.4 Å². The zero-order valence-corrected chi connectivity index (χ0v) is 14.3. The summed E-state index contributed by atoms with van der Waals surface area (Å²) in [7, 11) is 0. The number of amides is 1. The summed E-state index contributed by atoms with van der Waals surface area (Å²) < 4.78 is 6.10. The largest absolute Gasteiger partial charge is 0.371 e. The Hall–Kier alpha value is -0.320. The van der Waals surface area contributed by atoms with Crippen LogP contribution in [0.4, 0.5) is 0 Å². The summed E-state index contributed by atoms with van der Waals surface area (Å²) in [5.74, 6) is 0.103. The Balaban J connectivity index is 0.00000220. The van der Waals surface area contributed by atoms with Crippen LogP contribution in [-0.4, -0.2) is 41.6 Å². The minimum atomic E-state index is -0.724. The number of morpholine rings is 1. The maximum absolute atomic E-state index is 12.7. The predicted octanol–water partition coefficient (Wildman–Crippen LogP) is 2.88. The third-order valence-electron chi connectivity index (χ3n) is 4.81. The second-order valence-corrected chi connectivity index (χ2v) is 6.84. The fraction of sp³-hybridized carbons (Fsp3) is 0.938. The number of halogens is 1. The lowest BCUT2D eigenvalue weighted by molar-refractivity contribution is -0.157. The number of carbonyl (C=O) groups is 1. The molecular formula is C16H31ClN2O2. The van der Waals surface area contributed by atoms with Crippen molar-refractivity contribution < 1.29 is 9.53 Å². The first kappa shape index (κ1) is 18.7. The van der Waals surface area contributed by atoms with Gasteiger partial charge < -0.3 is 15.4 Å². The van der Waals surface area contributed by atoms with E-state index in [0.717, 1.165) is 32.2 Å². The lowest BCUT2D eigenvalue weighted by Crippen LogP contribution is -2.60. The first-order valence-corrected chi connectivity index (χ1v) is 8.21. The number of rotatable bonds is 3. The third-order valence-corrected chi connectivity index (χ3v) is 4.81. The van der Waals surface area contributed by atoms with Crippen LogP contribution in [0.25, 0.3) is 0 Å².